The summed E-state index contributed by atoms with van der Waals surface area (Å²) in [5, 5.41) is 3.11. The van der Waals surface area contributed by atoms with E-state index in [-0.39, 0.29) is 11.9 Å². The van der Waals surface area contributed by atoms with Crippen molar-refractivity contribution >= 4 is 0 Å². The van der Waals surface area contributed by atoms with Crippen molar-refractivity contribution in [1.29, 1.82) is 0 Å². The van der Waals surface area contributed by atoms with E-state index in [1.54, 1.807) is 6.07 Å². The first-order valence-electron chi connectivity index (χ1n) is 4.58. The van der Waals surface area contributed by atoms with Crippen LogP contribution in [-0.2, 0) is 6.54 Å². The molecule has 1 aromatic rings. The maximum Gasteiger partial charge on any atom is 0.123 e. The van der Waals surface area contributed by atoms with Crippen LogP contribution in [-0.4, -0.2) is 6.04 Å². The smallest absolute Gasteiger partial charge is 0.123 e. The molecule has 0 heterocycles. The molecule has 1 nitrogen and oxygen atoms in total. The fourth-order valence-corrected chi connectivity index (χ4v) is 1.15. The number of hydrogen-bond donors (Lipinski definition) is 1. The molecule has 0 aliphatic rings. The molecule has 1 rings (SSSR count). The standard InChI is InChI=1S/C12H14FN/c1-4-10(3)14-8-11-7-12(13)6-5-9(11)2/h1,5-7,10,14H,8H2,2-3H3. The van der Waals surface area contributed by atoms with E-state index in [0.29, 0.717) is 6.54 Å². The Labute approximate surface area is 84.3 Å². The average Bonchev–Trinajstić information content (AvgIpc) is 2.19. The van der Waals surface area contributed by atoms with E-state index in [1.807, 2.05) is 13.8 Å². The Hall–Kier alpha value is -1.33. The Bertz CT molecular complexity index is 352. The molecule has 1 N–H and O–H groups in total. The summed E-state index contributed by atoms with van der Waals surface area (Å²) < 4.78 is 12.9. The fraction of sp³-hybridized carbons (Fsp3) is 0.333. The summed E-state index contributed by atoms with van der Waals surface area (Å²) in [4.78, 5) is 0. The number of rotatable bonds is 3. The van der Waals surface area contributed by atoms with Gasteiger partial charge in [0, 0.05) is 6.54 Å². The zero-order valence-corrected chi connectivity index (χ0v) is 8.47. The predicted octanol–water partition coefficient (Wildman–Crippen LogP) is 2.25. The molecule has 0 fully saturated rings. The van der Waals surface area contributed by atoms with E-state index in [1.165, 1.54) is 12.1 Å². The molecule has 0 saturated heterocycles. The second-order valence-corrected chi connectivity index (χ2v) is 3.34. The summed E-state index contributed by atoms with van der Waals surface area (Å²) in [5.74, 6) is 2.36. The van der Waals surface area contributed by atoms with Crippen LogP contribution in [0.25, 0.3) is 0 Å². The summed E-state index contributed by atoms with van der Waals surface area (Å²) in [6.45, 7) is 4.46. The Balaban J connectivity index is 2.67. The highest BCUT2D eigenvalue weighted by atomic mass is 19.1. The lowest BCUT2D eigenvalue weighted by atomic mass is 10.1. The molecule has 74 valence electrons. The minimum absolute atomic E-state index is 0.0117. The minimum Gasteiger partial charge on any atom is -0.300 e. The van der Waals surface area contributed by atoms with E-state index in [4.69, 9.17) is 6.42 Å². The molecule has 1 unspecified atom stereocenters. The minimum atomic E-state index is -0.208. The number of aryl methyl sites for hydroxylation is 1. The predicted molar refractivity (Wildman–Crippen MR) is 56.3 cm³/mol. The SMILES string of the molecule is C#CC(C)NCc1cc(F)ccc1C. The highest BCUT2D eigenvalue weighted by Crippen LogP contribution is 2.09. The maximum absolute atomic E-state index is 12.9. The third-order valence-corrected chi connectivity index (χ3v) is 2.16. The highest BCUT2D eigenvalue weighted by Gasteiger charge is 2.01. The molecular weight excluding hydrogens is 177 g/mol. The number of nitrogens with one attached hydrogen (secondary N) is 1. The van der Waals surface area contributed by atoms with Crippen LogP contribution in [0, 0.1) is 25.1 Å². The van der Waals surface area contributed by atoms with Gasteiger partial charge in [0.2, 0.25) is 0 Å². The number of benzene rings is 1. The normalized spacial score (nSPS) is 12.1. The molecule has 1 atom stereocenters. The van der Waals surface area contributed by atoms with Gasteiger partial charge in [-0.1, -0.05) is 12.0 Å². The molecule has 14 heavy (non-hydrogen) atoms. The van der Waals surface area contributed by atoms with Crippen molar-refractivity contribution in [1.82, 2.24) is 5.32 Å². The molecule has 1 aromatic carbocycles. The van der Waals surface area contributed by atoms with Gasteiger partial charge in [-0.15, -0.1) is 6.42 Å². The summed E-state index contributed by atoms with van der Waals surface area (Å²) in [6, 6.07) is 4.78. The fourth-order valence-electron chi connectivity index (χ4n) is 1.15. The molecule has 2 heteroatoms. The Morgan fingerprint density at radius 3 is 2.93 bits per heavy atom. The van der Waals surface area contributed by atoms with Gasteiger partial charge >= 0.3 is 0 Å². The number of hydrogen-bond acceptors (Lipinski definition) is 1. The summed E-state index contributed by atoms with van der Waals surface area (Å²) in [6.07, 6.45) is 5.22. The lowest BCUT2D eigenvalue weighted by Crippen LogP contribution is -2.23. The average molecular weight is 191 g/mol. The van der Waals surface area contributed by atoms with Crippen LogP contribution in [0.15, 0.2) is 18.2 Å². The summed E-state index contributed by atoms with van der Waals surface area (Å²) in [7, 11) is 0. The maximum atomic E-state index is 12.9. The monoisotopic (exact) mass is 191 g/mol. The van der Waals surface area contributed by atoms with Gasteiger partial charge in [-0.25, -0.2) is 4.39 Å². The zero-order valence-electron chi connectivity index (χ0n) is 8.47. The van der Waals surface area contributed by atoms with E-state index >= 15 is 0 Å². The second kappa shape index (κ2) is 4.78. The molecule has 0 radical (unpaired) electrons. The van der Waals surface area contributed by atoms with Crippen molar-refractivity contribution in [2.45, 2.75) is 26.4 Å². The lowest BCUT2D eigenvalue weighted by Gasteiger charge is -2.09. The Kier molecular flexibility index (Phi) is 3.67. The molecule has 0 saturated carbocycles. The molecule has 0 amide bonds. The second-order valence-electron chi connectivity index (χ2n) is 3.34. The zero-order chi connectivity index (χ0) is 10.6. The molecule has 0 aliphatic carbocycles. The van der Waals surface area contributed by atoms with Gasteiger partial charge < -0.3 is 0 Å². The largest absolute Gasteiger partial charge is 0.300 e. The van der Waals surface area contributed by atoms with Crippen LogP contribution in [0.4, 0.5) is 4.39 Å². The number of terminal acetylenes is 1. The van der Waals surface area contributed by atoms with Crippen molar-refractivity contribution in [3.05, 3.63) is 35.1 Å². The van der Waals surface area contributed by atoms with E-state index in [0.717, 1.165) is 11.1 Å². The number of halogens is 1. The van der Waals surface area contributed by atoms with E-state index in [9.17, 15) is 4.39 Å². The lowest BCUT2D eigenvalue weighted by molar-refractivity contribution is 0.612. The van der Waals surface area contributed by atoms with Gasteiger partial charge in [0.25, 0.3) is 0 Å². The molecular formula is C12H14FN. The van der Waals surface area contributed by atoms with Gasteiger partial charge in [0.1, 0.15) is 5.82 Å². The van der Waals surface area contributed by atoms with Gasteiger partial charge in [-0.2, -0.15) is 0 Å². The van der Waals surface area contributed by atoms with Crippen molar-refractivity contribution < 1.29 is 4.39 Å². The highest BCUT2D eigenvalue weighted by molar-refractivity contribution is 5.26. The van der Waals surface area contributed by atoms with Crippen molar-refractivity contribution in [2.24, 2.45) is 0 Å². The Morgan fingerprint density at radius 2 is 2.29 bits per heavy atom. The van der Waals surface area contributed by atoms with E-state index in [2.05, 4.69) is 11.2 Å². The van der Waals surface area contributed by atoms with Crippen LogP contribution in [0.5, 0.6) is 0 Å². The van der Waals surface area contributed by atoms with Crippen LogP contribution in [0.3, 0.4) is 0 Å². The Morgan fingerprint density at radius 1 is 1.57 bits per heavy atom. The first-order valence-corrected chi connectivity index (χ1v) is 4.58. The van der Waals surface area contributed by atoms with Gasteiger partial charge in [0.05, 0.1) is 6.04 Å². The van der Waals surface area contributed by atoms with Crippen molar-refractivity contribution in [3.63, 3.8) is 0 Å². The van der Waals surface area contributed by atoms with Crippen LogP contribution in [0.2, 0.25) is 0 Å². The van der Waals surface area contributed by atoms with Gasteiger partial charge in [-0.3, -0.25) is 5.32 Å². The first-order chi connectivity index (χ1) is 6.63. The molecule has 0 spiro atoms. The third kappa shape index (κ3) is 2.86. The molecule has 0 aromatic heterocycles. The topological polar surface area (TPSA) is 12.0 Å². The third-order valence-electron chi connectivity index (χ3n) is 2.16. The summed E-state index contributed by atoms with van der Waals surface area (Å²) >= 11 is 0. The summed E-state index contributed by atoms with van der Waals surface area (Å²) in [5.41, 5.74) is 2.02. The molecule has 0 bridgehead atoms. The molecule has 0 aliphatic heterocycles. The van der Waals surface area contributed by atoms with Crippen molar-refractivity contribution in [2.75, 3.05) is 0 Å². The van der Waals surface area contributed by atoms with Crippen LogP contribution in [0.1, 0.15) is 18.1 Å². The van der Waals surface area contributed by atoms with E-state index < -0.39 is 0 Å². The quantitative estimate of drug-likeness (QED) is 0.722. The van der Waals surface area contributed by atoms with Gasteiger partial charge in [-0.05, 0) is 37.1 Å². The van der Waals surface area contributed by atoms with Crippen LogP contribution < -0.4 is 5.32 Å². The van der Waals surface area contributed by atoms with Crippen molar-refractivity contribution in [3.8, 4) is 12.3 Å². The van der Waals surface area contributed by atoms with Crippen LogP contribution >= 0.6 is 0 Å². The van der Waals surface area contributed by atoms with Gasteiger partial charge in [0.15, 0.2) is 0 Å². The first kappa shape index (κ1) is 10.7.